The van der Waals surface area contributed by atoms with E-state index in [0.717, 1.165) is 0 Å². The first-order chi connectivity index (χ1) is 9.33. The summed E-state index contributed by atoms with van der Waals surface area (Å²) in [4.78, 5) is 0. The summed E-state index contributed by atoms with van der Waals surface area (Å²) in [5.41, 5.74) is 4.88. The van der Waals surface area contributed by atoms with Crippen LogP contribution in [0.1, 0.15) is 82.4 Å². The number of unbranched alkanes of at least 4 members (excludes halogenated alkanes) is 5. The average Bonchev–Trinajstić information content (AvgIpc) is 2.45. The Balaban J connectivity index is 2.59. The van der Waals surface area contributed by atoms with Crippen molar-refractivity contribution in [3.8, 4) is 0 Å². The molecule has 0 saturated carbocycles. The molecule has 0 unspecified atom stereocenters. The summed E-state index contributed by atoms with van der Waals surface area (Å²) in [7, 11) is 0. The molecule has 0 aliphatic rings. The zero-order valence-electron chi connectivity index (χ0n) is 13.3. The molecule has 0 N–H and O–H groups in total. The lowest BCUT2D eigenvalue weighted by Gasteiger charge is -2.14. The maximum atomic E-state index is 2.37. The minimum atomic E-state index is 1.18. The maximum Gasteiger partial charge on any atom is -0.0274 e. The third-order valence-corrected chi connectivity index (χ3v) is 4.08. The van der Waals surface area contributed by atoms with E-state index in [9.17, 15) is 0 Å². The van der Waals surface area contributed by atoms with Gasteiger partial charge < -0.3 is 0 Å². The van der Waals surface area contributed by atoms with Crippen LogP contribution in [0.5, 0.6) is 0 Å². The topological polar surface area (TPSA) is 0 Å². The van der Waals surface area contributed by atoms with Crippen LogP contribution in [0.15, 0.2) is 18.2 Å². The Bertz CT molecular complexity index is 338. The van der Waals surface area contributed by atoms with Crippen LogP contribution in [0.2, 0.25) is 0 Å². The molecule has 0 radical (unpaired) electrons. The molecule has 0 aliphatic carbocycles. The number of rotatable bonds is 10. The van der Waals surface area contributed by atoms with Gasteiger partial charge in [-0.25, -0.2) is 0 Å². The Morgan fingerprint density at radius 2 is 1.37 bits per heavy atom. The van der Waals surface area contributed by atoms with E-state index in [4.69, 9.17) is 0 Å². The van der Waals surface area contributed by atoms with Crippen molar-refractivity contribution >= 4 is 0 Å². The summed E-state index contributed by atoms with van der Waals surface area (Å²) in [6.45, 7) is 6.86. The Morgan fingerprint density at radius 3 is 2.05 bits per heavy atom. The lowest BCUT2D eigenvalue weighted by molar-refractivity contribution is 0.629. The van der Waals surface area contributed by atoms with Gasteiger partial charge in [-0.05, 0) is 48.8 Å². The van der Waals surface area contributed by atoms with E-state index in [2.05, 4.69) is 39.0 Å². The molecule has 0 amide bonds. The third kappa shape index (κ3) is 5.80. The van der Waals surface area contributed by atoms with Crippen LogP contribution < -0.4 is 0 Å². The van der Waals surface area contributed by atoms with Crippen LogP contribution in [0.3, 0.4) is 0 Å². The first-order valence-corrected chi connectivity index (χ1v) is 8.43. The highest BCUT2D eigenvalue weighted by atomic mass is 14.1. The van der Waals surface area contributed by atoms with Crippen LogP contribution in [-0.4, -0.2) is 0 Å². The molecular weight excluding hydrogens is 228 g/mol. The molecule has 0 heterocycles. The fraction of sp³-hybridized carbons (Fsp3) is 0.684. The normalized spacial score (nSPS) is 10.9. The number of hydrogen-bond acceptors (Lipinski definition) is 0. The van der Waals surface area contributed by atoms with Gasteiger partial charge in [-0.1, -0.05) is 71.1 Å². The van der Waals surface area contributed by atoms with E-state index >= 15 is 0 Å². The van der Waals surface area contributed by atoms with Crippen molar-refractivity contribution in [1.29, 1.82) is 0 Å². The second kappa shape index (κ2) is 10.1. The minimum absolute atomic E-state index is 1.18. The molecule has 0 aliphatic heterocycles. The van der Waals surface area contributed by atoms with Crippen molar-refractivity contribution in [1.82, 2.24) is 0 Å². The summed E-state index contributed by atoms with van der Waals surface area (Å²) in [5, 5.41) is 0. The van der Waals surface area contributed by atoms with E-state index in [0.29, 0.717) is 0 Å². The zero-order chi connectivity index (χ0) is 13.9. The summed E-state index contributed by atoms with van der Waals surface area (Å²) >= 11 is 0. The van der Waals surface area contributed by atoms with E-state index < -0.39 is 0 Å². The van der Waals surface area contributed by atoms with Gasteiger partial charge in [0.25, 0.3) is 0 Å². The Labute approximate surface area is 120 Å². The molecule has 0 nitrogen and oxygen atoms in total. The van der Waals surface area contributed by atoms with Gasteiger partial charge in [-0.2, -0.15) is 0 Å². The molecule has 0 aromatic heterocycles. The van der Waals surface area contributed by atoms with Gasteiger partial charge in [0, 0.05) is 0 Å². The summed E-state index contributed by atoms with van der Waals surface area (Å²) in [6, 6.07) is 6.95. The van der Waals surface area contributed by atoms with Crippen molar-refractivity contribution in [2.45, 2.75) is 85.0 Å². The Hall–Kier alpha value is -0.780. The van der Waals surface area contributed by atoms with Crippen LogP contribution in [0, 0.1) is 0 Å². The summed E-state index contributed by atoms with van der Waals surface area (Å²) in [6.07, 6.45) is 13.3. The van der Waals surface area contributed by atoms with Crippen LogP contribution in [-0.2, 0) is 19.3 Å². The SMILES string of the molecule is CCCCCCCc1cccc(CC)c1CCCC. The van der Waals surface area contributed by atoms with Crippen molar-refractivity contribution in [2.75, 3.05) is 0 Å². The molecule has 1 rings (SSSR count). The Morgan fingerprint density at radius 1 is 0.684 bits per heavy atom. The van der Waals surface area contributed by atoms with Crippen molar-refractivity contribution in [3.63, 3.8) is 0 Å². The number of hydrogen-bond donors (Lipinski definition) is 0. The van der Waals surface area contributed by atoms with Crippen LogP contribution in [0.25, 0.3) is 0 Å². The highest BCUT2D eigenvalue weighted by Gasteiger charge is 2.06. The van der Waals surface area contributed by atoms with Crippen molar-refractivity contribution < 1.29 is 0 Å². The number of aryl methyl sites for hydroxylation is 2. The molecular formula is C19H32. The fourth-order valence-electron chi connectivity index (χ4n) is 2.85. The predicted octanol–water partition coefficient (Wildman–Crippen LogP) is 6.10. The highest BCUT2D eigenvalue weighted by Crippen LogP contribution is 2.21. The molecule has 0 saturated heterocycles. The number of benzene rings is 1. The van der Waals surface area contributed by atoms with E-state index in [1.165, 1.54) is 64.2 Å². The monoisotopic (exact) mass is 260 g/mol. The third-order valence-electron chi connectivity index (χ3n) is 4.08. The summed E-state index contributed by atoms with van der Waals surface area (Å²) in [5.74, 6) is 0. The van der Waals surface area contributed by atoms with Gasteiger partial charge in [-0.3, -0.25) is 0 Å². The largest absolute Gasteiger partial charge is 0.0654 e. The van der Waals surface area contributed by atoms with Crippen molar-refractivity contribution in [3.05, 3.63) is 34.9 Å². The standard InChI is InChI=1S/C19H32/c1-4-7-9-10-11-13-18-15-12-14-17(6-3)19(18)16-8-5-2/h12,14-15H,4-11,13,16H2,1-3H3. The lowest BCUT2D eigenvalue weighted by Crippen LogP contribution is -2.00. The zero-order valence-corrected chi connectivity index (χ0v) is 13.3. The molecule has 0 spiro atoms. The van der Waals surface area contributed by atoms with E-state index in [1.54, 1.807) is 16.7 Å². The fourth-order valence-corrected chi connectivity index (χ4v) is 2.85. The quantitative estimate of drug-likeness (QED) is 0.446. The van der Waals surface area contributed by atoms with Gasteiger partial charge in [0.1, 0.15) is 0 Å². The van der Waals surface area contributed by atoms with E-state index in [1.807, 2.05) is 0 Å². The molecule has 0 bridgehead atoms. The van der Waals surface area contributed by atoms with Gasteiger partial charge in [0.2, 0.25) is 0 Å². The lowest BCUT2D eigenvalue weighted by atomic mass is 9.92. The first kappa shape index (κ1) is 16.3. The smallest absolute Gasteiger partial charge is 0.0274 e. The predicted molar refractivity (Wildman–Crippen MR) is 86.9 cm³/mol. The molecule has 1 aromatic rings. The average molecular weight is 260 g/mol. The van der Waals surface area contributed by atoms with Crippen molar-refractivity contribution in [2.24, 2.45) is 0 Å². The van der Waals surface area contributed by atoms with Gasteiger partial charge >= 0.3 is 0 Å². The molecule has 0 fully saturated rings. The van der Waals surface area contributed by atoms with Gasteiger partial charge in [-0.15, -0.1) is 0 Å². The maximum absolute atomic E-state index is 2.37. The van der Waals surface area contributed by atoms with Crippen LogP contribution >= 0.6 is 0 Å². The molecule has 0 heteroatoms. The molecule has 108 valence electrons. The summed E-state index contributed by atoms with van der Waals surface area (Å²) < 4.78 is 0. The first-order valence-electron chi connectivity index (χ1n) is 8.43. The molecule has 19 heavy (non-hydrogen) atoms. The van der Waals surface area contributed by atoms with Crippen LogP contribution in [0.4, 0.5) is 0 Å². The van der Waals surface area contributed by atoms with Gasteiger partial charge in [0.15, 0.2) is 0 Å². The molecule has 0 atom stereocenters. The second-order valence-corrected chi connectivity index (χ2v) is 5.68. The highest BCUT2D eigenvalue weighted by molar-refractivity contribution is 5.35. The molecule has 1 aromatic carbocycles. The van der Waals surface area contributed by atoms with Gasteiger partial charge in [0.05, 0.1) is 0 Å². The Kier molecular flexibility index (Phi) is 8.62. The van der Waals surface area contributed by atoms with E-state index in [-0.39, 0.29) is 0 Å². The second-order valence-electron chi connectivity index (χ2n) is 5.68. The minimum Gasteiger partial charge on any atom is -0.0654 e.